The van der Waals surface area contributed by atoms with Crippen LogP contribution >= 0.6 is 0 Å². The molecule has 2 N–H and O–H groups in total. The van der Waals surface area contributed by atoms with Gasteiger partial charge in [0.2, 0.25) is 5.95 Å². The second-order valence-corrected chi connectivity index (χ2v) is 10.2. The fourth-order valence-electron chi connectivity index (χ4n) is 3.83. The molecule has 176 valence electrons. The van der Waals surface area contributed by atoms with Gasteiger partial charge in [0, 0.05) is 25.0 Å². The summed E-state index contributed by atoms with van der Waals surface area (Å²) in [5, 5.41) is 3.19. The monoisotopic (exact) mass is 484 g/mol. The van der Waals surface area contributed by atoms with Crippen LogP contribution in [0.25, 0.3) is 11.2 Å². The normalized spacial score (nSPS) is 11.5. The first-order valence-electron chi connectivity index (χ1n) is 11.1. The van der Waals surface area contributed by atoms with Gasteiger partial charge in [-0.15, -0.1) is 0 Å². The van der Waals surface area contributed by atoms with E-state index >= 15 is 0 Å². The maximum Gasteiger partial charge on any atom is 0.231 e. The Balaban J connectivity index is 1.52. The predicted octanol–water partition coefficient (Wildman–Crippen LogP) is 4.71. The molecular formula is C26H24N6O2S. The van der Waals surface area contributed by atoms with Crippen LogP contribution in [-0.2, 0) is 22.9 Å². The summed E-state index contributed by atoms with van der Waals surface area (Å²) in [6, 6.07) is 27.0. The summed E-state index contributed by atoms with van der Waals surface area (Å²) in [6.45, 7) is 1.28. The number of aromatic amines is 1. The third kappa shape index (κ3) is 5.30. The summed E-state index contributed by atoms with van der Waals surface area (Å²) in [4.78, 5) is 19.4. The molecule has 5 rings (SSSR count). The van der Waals surface area contributed by atoms with Gasteiger partial charge in [-0.3, -0.25) is 0 Å². The lowest BCUT2D eigenvalue weighted by Crippen LogP contribution is -2.24. The summed E-state index contributed by atoms with van der Waals surface area (Å²) in [5.41, 5.74) is 4.27. The number of benzene rings is 3. The fourth-order valence-corrected chi connectivity index (χ4v) is 4.46. The van der Waals surface area contributed by atoms with E-state index in [1.165, 1.54) is 6.26 Å². The molecule has 0 radical (unpaired) electrons. The second kappa shape index (κ2) is 9.55. The Morgan fingerprint density at radius 3 is 2.00 bits per heavy atom. The van der Waals surface area contributed by atoms with Crippen LogP contribution in [0.2, 0.25) is 0 Å². The zero-order chi connectivity index (χ0) is 24.3. The number of hydrogen-bond donors (Lipinski definition) is 2. The maximum atomic E-state index is 11.8. The van der Waals surface area contributed by atoms with Crippen LogP contribution < -0.4 is 10.2 Å². The molecule has 3 aromatic carbocycles. The first kappa shape index (κ1) is 22.5. The zero-order valence-corrected chi connectivity index (χ0v) is 19.9. The molecule has 8 nitrogen and oxygen atoms in total. The van der Waals surface area contributed by atoms with Gasteiger partial charge in [-0.2, -0.15) is 9.97 Å². The highest BCUT2D eigenvalue weighted by Crippen LogP contribution is 2.27. The molecule has 0 aliphatic carbocycles. The Labute approximate surface area is 203 Å². The van der Waals surface area contributed by atoms with Gasteiger partial charge in [-0.25, -0.2) is 13.4 Å². The number of sulfone groups is 1. The van der Waals surface area contributed by atoms with Gasteiger partial charge in [0.1, 0.15) is 5.52 Å². The van der Waals surface area contributed by atoms with Crippen molar-refractivity contribution in [2.75, 3.05) is 16.5 Å². The van der Waals surface area contributed by atoms with Crippen LogP contribution in [0.1, 0.15) is 11.1 Å². The number of H-pyrrole nitrogens is 1. The molecule has 0 aliphatic heterocycles. The van der Waals surface area contributed by atoms with E-state index in [0.29, 0.717) is 30.4 Å². The average molecular weight is 485 g/mol. The Hall–Kier alpha value is -4.24. The van der Waals surface area contributed by atoms with E-state index in [1.54, 1.807) is 30.6 Å². The van der Waals surface area contributed by atoms with E-state index in [1.807, 2.05) is 36.4 Å². The standard InChI is InChI=1S/C26H24N6O2S/c1-35(33,34)22-14-12-21(13-15-22)29-26-30-24-23(27-18-28-24)25(31-26)32(16-19-8-4-2-5-9-19)17-20-10-6-3-7-11-20/h2-15,18H,16-17H2,1H3,(H2,27,28,29,30,31). The van der Waals surface area contributed by atoms with Gasteiger partial charge in [-0.05, 0) is 35.4 Å². The van der Waals surface area contributed by atoms with Crippen molar-refractivity contribution >= 4 is 38.5 Å². The average Bonchev–Trinajstić information content (AvgIpc) is 3.33. The maximum absolute atomic E-state index is 11.8. The minimum Gasteiger partial charge on any atom is -0.346 e. The molecule has 35 heavy (non-hydrogen) atoms. The number of anilines is 3. The van der Waals surface area contributed by atoms with Gasteiger partial charge in [-0.1, -0.05) is 60.7 Å². The fraction of sp³-hybridized carbons (Fsp3) is 0.115. The lowest BCUT2D eigenvalue weighted by atomic mass is 10.1. The number of hydrogen-bond acceptors (Lipinski definition) is 7. The molecule has 0 unspecified atom stereocenters. The van der Waals surface area contributed by atoms with Crippen LogP contribution in [0.4, 0.5) is 17.5 Å². The summed E-state index contributed by atoms with van der Waals surface area (Å²) in [5.74, 6) is 1.09. The first-order valence-corrected chi connectivity index (χ1v) is 13.0. The Morgan fingerprint density at radius 1 is 0.829 bits per heavy atom. The number of nitrogens with one attached hydrogen (secondary N) is 2. The Bertz CT molecular complexity index is 1490. The van der Waals surface area contributed by atoms with Gasteiger partial charge in [0.15, 0.2) is 21.3 Å². The number of imidazole rings is 1. The van der Waals surface area contributed by atoms with Gasteiger partial charge in [0.05, 0.1) is 11.2 Å². The van der Waals surface area contributed by atoms with E-state index < -0.39 is 9.84 Å². The van der Waals surface area contributed by atoms with Crippen molar-refractivity contribution in [3.63, 3.8) is 0 Å². The quantitative estimate of drug-likeness (QED) is 0.329. The van der Waals surface area contributed by atoms with E-state index in [4.69, 9.17) is 4.98 Å². The van der Waals surface area contributed by atoms with E-state index in [2.05, 4.69) is 49.4 Å². The van der Waals surface area contributed by atoms with Crippen molar-refractivity contribution in [2.45, 2.75) is 18.0 Å². The van der Waals surface area contributed by atoms with Gasteiger partial charge in [0.25, 0.3) is 0 Å². The molecule has 2 aromatic heterocycles. The van der Waals surface area contributed by atoms with Crippen molar-refractivity contribution in [2.24, 2.45) is 0 Å². The minimum atomic E-state index is -3.27. The number of aromatic nitrogens is 4. The highest BCUT2D eigenvalue weighted by atomic mass is 32.2. The molecule has 0 saturated carbocycles. The van der Waals surface area contributed by atoms with Crippen LogP contribution in [0.5, 0.6) is 0 Å². The van der Waals surface area contributed by atoms with Crippen LogP contribution in [0, 0.1) is 0 Å². The number of rotatable bonds is 8. The van der Waals surface area contributed by atoms with Crippen LogP contribution in [0.15, 0.2) is 96.2 Å². The summed E-state index contributed by atoms with van der Waals surface area (Å²) < 4.78 is 23.6. The smallest absolute Gasteiger partial charge is 0.231 e. The number of fused-ring (bicyclic) bond motifs is 1. The zero-order valence-electron chi connectivity index (χ0n) is 19.1. The van der Waals surface area contributed by atoms with Crippen molar-refractivity contribution < 1.29 is 8.42 Å². The molecule has 0 amide bonds. The van der Waals surface area contributed by atoms with Crippen LogP contribution in [0.3, 0.4) is 0 Å². The molecule has 0 aliphatic rings. The molecule has 0 bridgehead atoms. The van der Waals surface area contributed by atoms with Crippen molar-refractivity contribution in [3.05, 3.63) is 102 Å². The van der Waals surface area contributed by atoms with Crippen molar-refractivity contribution in [1.29, 1.82) is 0 Å². The summed E-state index contributed by atoms with van der Waals surface area (Å²) in [7, 11) is -3.27. The lowest BCUT2D eigenvalue weighted by Gasteiger charge is -2.25. The Kier molecular flexibility index (Phi) is 6.15. The predicted molar refractivity (Wildman–Crippen MR) is 137 cm³/mol. The molecular weight excluding hydrogens is 460 g/mol. The molecule has 9 heteroatoms. The third-order valence-corrected chi connectivity index (χ3v) is 6.67. The third-order valence-electron chi connectivity index (χ3n) is 5.54. The molecule has 0 fully saturated rings. The molecule has 2 heterocycles. The number of nitrogens with zero attached hydrogens (tertiary/aromatic N) is 4. The minimum absolute atomic E-state index is 0.254. The largest absolute Gasteiger partial charge is 0.346 e. The van der Waals surface area contributed by atoms with Crippen molar-refractivity contribution in [3.8, 4) is 0 Å². The topological polar surface area (TPSA) is 104 Å². The highest BCUT2D eigenvalue weighted by Gasteiger charge is 2.18. The van der Waals surface area contributed by atoms with E-state index in [-0.39, 0.29) is 4.90 Å². The van der Waals surface area contributed by atoms with Gasteiger partial charge < -0.3 is 15.2 Å². The Morgan fingerprint density at radius 2 is 1.43 bits per heavy atom. The second-order valence-electron chi connectivity index (χ2n) is 8.22. The summed E-state index contributed by atoms with van der Waals surface area (Å²) in [6.07, 6.45) is 2.79. The molecule has 0 atom stereocenters. The lowest BCUT2D eigenvalue weighted by molar-refractivity contribution is 0.602. The molecule has 0 saturated heterocycles. The van der Waals surface area contributed by atoms with Gasteiger partial charge >= 0.3 is 0 Å². The molecule has 0 spiro atoms. The van der Waals surface area contributed by atoms with Crippen LogP contribution in [-0.4, -0.2) is 34.6 Å². The van der Waals surface area contributed by atoms with Crippen molar-refractivity contribution in [1.82, 2.24) is 19.9 Å². The van der Waals surface area contributed by atoms with E-state index in [0.717, 1.165) is 22.5 Å². The first-order chi connectivity index (χ1) is 17.0. The highest BCUT2D eigenvalue weighted by molar-refractivity contribution is 7.90. The molecule has 5 aromatic rings. The SMILES string of the molecule is CS(=O)(=O)c1ccc(Nc2nc(N(Cc3ccccc3)Cc3ccccc3)c3[nH]cnc3n2)cc1. The summed E-state index contributed by atoms with van der Waals surface area (Å²) >= 11 is 0. The van der Waals surface area contributed by atoms with E-state index in [9.17, 15) is 8.42 Å².